The van der Waals surface area contributed by atoms with Gasteiger partial charge in [-0.1, -0.05) is 30.3 Å². The van der Waals surface area contributed by atoms with Crippen LogP contribution in [0.5, 0.6) is 0 Å². The summed E-state index contributed by atoms with van der Waals surface area (Å²) < 4.78 is 14.5. The van der Waals surface area contributed by atoms with Gasteiger partial charge in [-0.15, -0.1) is 0 Å². The Balaban J connectivity index is 1.64. The molecule has 11 heteroatoms. The topological polar surface area (TPSA) is 136 Å². The third kappa shape index (κ3) is 6.88. The van der Waals surface area contributed by atoms with Crippen LogP contribution in [0.3, 0.4) is 0 Å². The summed E-state index contributed by atoms with van der Waals surface area (Å²) >= 11 is 1.07. The van der Waals surface area contributed by atoms with Crippen LogP contribution < -0.4 is 22.1 Å². The average Bonchev–Trinajstić information content (AvgIpc) is 2.82. The number of nitrogens with zero attached hydrogens (tertiary/aromatic N) is 2. The fraction of sp³-hybridized carbons (Fsp3) is 0.261. The lowest BCUT2D eigenvalue weighted by Crippen LogP contribution is -2.42. The summed E-state index contributed by atoms with van der Waals surface area (Å²) in [6, 6.07) is 11.8. The van der Waals surface area contributed by atoms with Gasteiger partial charge in [0.1, 0.15) is 5.82 Å². The first-order chi connectivity index (χ1) is 16.3. The Morgan fingerprint density at radius 1 is 1.00 bits per heavy atom. The van der Waals surface area contributed by atoms with E-state index in [0.717, 1.165) is 23.9 Å². The molecule has 3 rings (SSSR count). The van der Waals surface area contributed by atoms with Crippen molar-refractivity contribution < 1.29 is 18.8 Å². The molecule has 4 N–H and O–H groups in total. The normalized spacial score (nSPS) is 10.7. The predicted molar refractivity (Wildman–Crippen MR) is 126 cm³/mol. The number of hydrazine groups is 1. The first-order valence-electron chi connectivity index (χ1n) is 10.6. The van der Waals surface area contributed by atoms with E-state index in [2.05, 4.69) is 15.8 Å². The number of carbonyl (C=O) groups excluding carboxylic acids is 3. The van der Waals surface area contributed by atoms with E-state index in [1.807, 2.05) is 0 Å². The molecule has 0 bridgehead atoms. The summed E-state index contributed by atoms with van der Waals surface area (Å²) in [7, 11) is 0. The molecule has 0 atom stereocenters. The number of benzene rings is 2. The molecule has 2 aromatic carbocycles. The van der Waals surface area contributed by atoms with Crippen molar-refractivity contribution in [3.05, 3.63) is 70.3 Å². The number of nitrogens with one attached hydrogen (secondary N) is 2. The van der Waals surface area contributed by atoms with Gasteiger partial charge in [0.15, 0.2) is 5.16 Å². The second-order valence-electron chi connectivity index (χ2n) is 7.44. The second kappa shape index (κ2) is 11.9. The van der Waals surface area contributed by atoms with Gasteiger partial charge in [0.05, 0.1) is 16.7 Å². The van der Waals surface area contributed by atoms with E-state index in [0.29, 0.717) is 41.9 Å². The molecule has 1 heterocycles. The van der Waals surface area contributed by atoms with E-state index in [-0.39, 0.29) is 29.2 Å². The Morgan fingerprint density at radius 2 is 1.74 bits per heavy atom. The number of nitrogens with two attached hydrogens (primary N) is 1. The molecule has 0 saturated heterocycles. The largest absolute Gasteiger partial charge is 0.370 e. The predicted octanol–water partition coefficient (Wildman–Crippen LogP) is 2.13. The zero-order valence-electron chi connectivity index (χ0n) is 18.3. The van der Waals surface area contributed by atoms with Crippen LogP contribution in [0.25, 0.3) is 10.9 Å². The summed E-state index contributed by atoms with van der Waals surface area (Å²) in [5.41, 5.74) is 10.2. The molecule has 34 heavy (non-hydrogen) atoms. The van der Waals surface area contributed by atoms with E-state index in [1.165, 1.54) is 16.7 Å². The molecular weight excluding hydrogens is 461 g/mol. The van der Waals surface area contributed by atoms with Crippen LogP contribution in [0.4, 0.5) is 4.39 Å². The molecule has 0 saturated carbocycles. The highest BCUT2D eigenvalue weighted by Crippen LogP contribution is 2.18. The molecule has 0 fully saturated rings. The third-order valence-corrected chi connectivity index (χ3v) is 5.86. The zero-order chi connectivity index (χ0) is 24.5. The van der Waals surface area contributed by atoms with Gasteiger partial charge >= 0.3 is 0 Å². The molecule has 3 aromatic rings. The van der Waals surface area contributed by atoms with Crippen molar-refractivity contribution in [3.8, 4) is 0 Å². The SMILES string of the molecule is NC(=O)CCCCCn1c(SCC(=O)NNC(=O)c2ccc(F)cc2)nc2ccccc2c1=O. The van der Waals surface area contributed by atoms with E-state index in [4.69, 9.17) is 5.73 Å². The molecular formula is C23H24FN5O4S. The van der Waals surface area contributed by atoms with Gasteiger partial charge in [-0.25, -0.2) is 9.37 Å². The number of thioether (sulfide) groups is 1. The highest BCUT2D eigenvalue weighted by molar-refractivity contribution is 7.99. The maximum Gasteiger partial charge on any atom is 0.269 e. The Labute approximate surface area is 198 Å². The highest BCUT2D eigenvalue weighted by Gasteiger charge is 2.14. The van der Waals surface area contributed by atoms with Crippen molar-refractivity contribution in [2.45, 2.75) is 37.4 Å². The Morgan fingerprint density at radius 3 is 2.47 bits per heavy atom. The minimum Gasteiger partial charge on any atom is -0.370 e. The molecule has 0 radical (unpaired) electrons. The zero-order valence-corrected chi connectivity index (χ0v) is 19.1. The summed E-state index contributed by atoms with van der Waals surface area (Å²) in [5, 5.41) is 0.846. The second-order valence-corrected chi connectivity index (χ2v) is 8.39. The molecule has 0 unspecified atom stereocenters. The van der Waals surface area contributed by atoms with E-state index >= 15 is 0 Å². The Bertz CT molecular complexity index is 1250. The van der Waals surface area contributed by atoms with E-state index < -0.39 is 17.6 Å². The maximum absolute atomic E-state index is 13.0. The number of para-hydroxylation sites is 1. The first kappa shape index (κ1) is 24.9. The third-order valence-electron chi connectivity index (χ3n) is 4.89. The summed E-state index contributed by atoms with van der Waals surface area (Å²) in [5.74, 6) is -2.03. The molecule has 9 nitrogen and oxygen atoms in total. The molecule has 0 spiro atoms. The number of fused-ring (bicyclic) bond motifs is 1. The minimum absolute atomic E-state index is 0.101. The van der Waals surface area contributed by atoms with Crippen molar-refractivity contribution in [3.63, 3.8) is 0 Å². The number of hydrogen-bond acceptors (Lipinski definition) is 6. The Kier molecular flexibility index (Phi) is 8.74. The van der Waals surface area contributed by atoms with E-state index in [1.54, 1.807) is 24.3 Å². The van der Waals surface area contributed by atoms with Gasteiger partial charge in [0, 0.05) is 18.5 Å². The lowest BCUT2D eigenvalue weighted by Gasteiger charge is -2.13. The van der Waals surface area contributed by atoms with Gasteiger partial charge in [-0.3, -0.25) is 34.6 Å². The van der Waals surface area contributed by atoms with Crippen molar-refractivity contribution in [1.29, 1.82) is 0 Å². The number of primary amides is 1. The summed E-state index contributed by atoms with van der Waals surface area (Å²) in [4.78, 5) is 52.8. The number of unbranched alkanes of at least 4 members (excludes halogenated alkanes) is 2. The fourth-order valence-electron chi connectivity index (χ4n) is 3.17. The molecule has 178 valence electrons. The van der Waals surface area contributed by atoms with Crippen molar-refractivity contribution in [2.24, 2.45) is 5.73 Å². The van der Waals surface area contributed by atoms with Crippen LogP contribution in [0.1, 0.15) is 36.0 Å². The van der Waals surface area contributed by atoms with Crippen LogP contribution in [-0.4, -0.2) is 33.0 Å². The minimum atomic E-state index is -0.588. The van der Waals surface area contributed by atoms with Gasteiger partial charge in [0.25, 0.3) is 11.5 Å². The van der Waals surface area contributed by atoms with Gasteiger partial charge in [-0.05, 0) is 49.2 Å². The first-order valence-corrected chi connectivity index (χ1v) is 11.6. The van der Waals surface area contributed by atoms with Crippen LogP contribution in [-0.2, 0) is 16.1 Å². The lowest BCUT2D eigenvalue weighted by atomic mass is 10.2. The summed E-state index contributed by atoms with van der Waals surface area (Å²) in [6.45, 7) is 0.376. The average molecular weight is 486 g/mol. The van der Waals surface area contributed by atoms with Gasteiger partial charge in [-0.2, -0.15) is 0 Å². The van der Waals surface area contributed by atoms with Crippen LogP contribution in [0.2, 0.25) is 0 Å². The maximum atomic E-state index is 13.0. The number of hydrogen-bond donors (Lipinski definition) is 3. The molecule has 0 aliphatic carbocycles. The smallest absolute Gasteiger partial charge is 0.269 e. The number of amides is 3. The monoisotopic (exact) mass is 485 g/mol. The molecule has 3 amide bonds. The summed E-state index contributed by atoms with van der Waals surface area (Å²) in [6.07, 6.45) is 2.27. The number of aromatic nitrogens is 2. The molecule has 1 aromatic heterocycles. The standard InChI is InChI=1S/C23H24FN5O4S/c24-16-11-9-15(10-12-16)21(32)28-27-20(31)14-34-23-26-18-7-4-3-6-17(18)22(33)29(23)13-5-1-2-8-19(25)30/h3-4,6-7,9-12H,1-2,5,8,13-14H2,(H2,25,30)(H,27,31)(H,28,32). The number of halogens is 1. The van der Waals surface area contributed by atoms with Crippen molar-refractivity contribution in [1.82, 2.24) is 20.4 Å². The van der Waals surface area contributed by atoms with E-state index in [9.17, 15) is 23.6 Å². The Hall–Kier alpha value is -3.73. The highest BCUT2D eigenvalue weighted by atomic mass is 32.2. The number of rotatable bonds is 10. The van der Waals surface area contributed by atoms with Crippen molar-refractivity contribution >= 4 is 40.4 Å². The van der Waals surface area contributed by atoms with Crippen LogP contribution in [0, 0.1) is 5.82 Å². The lowest BCUT2D eigenvalue weighted by molar-refractivity contribution is -0.119. The molecule has 0 aliphatic heterocycles. The fourth-order valence-corrected chi connectivity index (χ4v) is 3.99. The van der Waals surface area contributed by atoms with Crippen LogP contribution in [0.15, 0.2) is 58.5 Å². The van der Waals surface area contributed by atoms with Crippen molar-refractivity contribution in [2.75, 3.05) is 5.75 Å². The number of carbonyl (C=O) groups is 3. The van der Waals surface area contributed by atoms with Crippen LogP contribution >= 0.6 is 11.8 Å². The quantitative estimate of drug-likeness (QED) is 0.174. The van der Waals surface area contributed by atoms with Gasteiger partial charge < -0.3 is 5.73 Å². The molecule has 0 aliphatic rings. The van der Waals surface area contributed by atoms with Gasteiger partial charge in [0.2, 0.25) is 11.8 Å².